The number of carboxylic acid groups (broad SMARTS) is 1. The molecule has 0 radical (unpaired) electrons. The first kappa shape index (κ1) is 34.5. The normalized spacial score (nSPS) is 13.9. The maximum atomic E-state index is 11.2. The molecule has 36 heavy (non-hydrogen) atoms. The van der Waals surface area contributed by atoms with Crippen LogP contribution in [-0.2, 0) is 33.5 Å². The molecule has 2 aliphatic rings. The lowest BCUT2D eigenvalue weighted by atomic mass is 10.4. The smallest absolute Gasteiger partial charge is 0.302 e. The third-order valence-corrected chi connectivity index (χ3v) is 4.50. The lowest BCUT2D eigenvalue weighted by Gasteiger charge is -2.14. The van der Waals surface area contributed by atoms with Crippen LogP contribution in [0.5, 0.6) is 0 Å². The molecule has 204 valence electrons. The number of carbonyl (C=O) groups excluding carboxylic acids is 5. The Morgan fingerprint density at radius 2 is 1.33 bits per heavy atom. The fourth-order valence-electron chi connectivity index (χ4n) is 2.79. The molecular formula is C24H40N4O8. The first-order chi connectivity index (χ1) is 17.0. The van der Waals surface area contributed by atoms with Crippen LogP contribution in [0.15, 0.2) is 24.8 Å². The fraction of sp³-hybridized carbons (Fsp3) is 0.583. The van der Waals surface area contributed by atoms with Crippen molar-refractivity contribution in [3.05, 3.63) is 24.8 Å². The van der Waals surface area contributed by atoms with E-state index in [4.69, 9.17) is 9.90 Å². The lowest BCUT2D eigenvalue weighted by molar-refractivity contribution is -0.138. The van der Waals surface area contributed by atoms with Crippen LogP contribution in [-0.4, -0.2) is 96.9 Å². The Morgan fingerprint density at radius 1 is 0.944 bits per heavy atom. The average Bonchev–Trinajstić information content (AvgIpc) is 3.42. The molecule has 0 aromatic carbocycles. The van der Waals surface area contributed by atoms with Gasteiger partial charge in [-0.25, -0.2) is 0 Å². The number of nitrogens with zero attached hydrogens (tertiary/aromatic N) is 2. The topological polar surface area (TPSA) is 162 Å². The Labute approximate surface area is 212 Å². The molecule has 12 heteroatoms. The lowest BCUT2D eigenvalue weighted by Crippen LogP contribution is -2.34. The van der Waals surface area contributed by atoms with E-state index in [-0.39, 0.29) is 29.6 Å². The summed E-state index contributed by atoms with van der Waals surface area (Å²) >= 11 is 0. The molecule has 2 aliphatic heterocycles. The van der Waals surface area contributed by atoms with Crippen molar-refractivity contribution in [2.45, 2.75) is 46.5 Å². The highest BCUT2D eigenvalue weighted by Gasteiger charge is 2.19. The van der Waals surface area contributed by atoms with Crippen molar-refractivity contribution in [2.24, 2.45) is 0 Å². The van der Waals surface area contributed by atoms with Crippen molar-refractivity contribution in [2.75, 3.05) is 46.4 Å². The van der Waals surface area contributed by atoms with Crippen molar-refractivity contribution >= 4 is 35.6 Å². The number of carbonyl (C=O) groups is 6. The summed E-state index contributed by atoms with van der Waals surface area (Å²) in [7, 11) is 1.35. The van der Waals surface area contributed by atoms with Crippen LogP contribution < -0.4 is 10.6 Å². The summed E-state index contributed by atoms with van der Waals surface area (Å²) in [5.41, 5.74) is 0. The van der Waals surface area contributed by atoms with E-state index in [0.717, 1.165) is 32.9 Å². The Balaban J connectivity index is 0. The summed E-state index contributed by atoms with van der Waals surface area (Å²) in [6.45, 7) is 11.5. The van der Waals surface area contributed by atoms with Crippen LogP contribution in [0.4, 0.5) is 0 Å². The Kier molecular flexibility index (Phi) is 20.9. The van der Waals surface area contributed by atoms with Gasteiger partial charge >= 0.3 is 5.97 Å². The van der Waals surface area contributed by atoms with E-state index in [1.54, 1.807) is 22.8 Å². The summed E-state index contributed by atoms with van der Waals surface area (Å²) in [6, 6.07) is 0. The zero-order chi connectivity index (χ0) is 27.9. The molecule has 0 aromatic rings. The van der Waals surface area contributed by atoms with Gasteiger partial charge in [-0.3, -0.25) is 28.8 Å². The van der Waals surface area contributed by atoms with E-state index >= 15 is 0 Å². The number of methoxy groups -OCH3 is 1. The predicted molar refractivity (Wildman–Crippen MR) is 134 cm³/mol. The molecule has 0 atom stereocenters. The predicted octanol–water partition coefficient (Wildman–Crippen LogP) is 0.482. The quantitative estimate of drug-likeness (QED) is 0.312. The van der Waals surface area contributed by atoms with E-state index in [2.05, 4.69) is 21.9 Å². The minimum absolute atomic E-state index is 0.0980. The van der Waals surface area contributed by atoms with Gasteiger partial charge in [0.15, 0.2) is 0 Å². The van der Waals surface area contributed by atoms with Crippen molar-refractivity contribution < 1.29 is 38.6 Å². The second-order valence-corrected chi connectivity index (χ2v) is 7.47. The summed E-state index contributed by atoms with van der Waals surface area (Å²) < 4.78 is 4.11. The molecule has 0 bridgehead atoms. The summed E-state index contributed by atoms with van der Waals surface area (Å²) in [5.74, 6) is -0.978. The van der Waals surface area contributed by atoms with Crippen LogP contribution in [0.1, 0.15) is 46.5 Å². The monoisotopic (exact) mass is 512 g/mol. The van der Waals surface area contributed by atoms with Gasteiger partial charge in [0.2, 0.25) is 23.6 Å². The second kappa shape index (κ2) is 21.8. The van der Waals surface area contributed by atoms with E-state index in [1.165, 1.54) is 26.2 Å². The standard InChI is InChI=1S/C10H16N2O2.C9H14N2O2.C3H6O2.C2H4O2/c1-2-4-9(13)11-6-8-12-7-3-5-10(12)14;1-2-8(12)10-5-7-11-6-3-4-9(11)13;1-3(4)5-2;1-2(3)4/h2,4H,3,5-8H2,1H3,(H,11,13);2H,1,3-7H2,(H,10,12);1-2H3;1H3,(H,3,4)/b4-2-;;;. The zero-order valence-electron chi connectivity index (χ0n) is 21.7. The number of amides is 4. The zero-order valence-corrected chi connectivity index (χ0v) is 21.7. The molecule has 0 spiro atoms. The van der Waals surface area contributed by atoms with Gasteiger partial charge in [0.05, 0.1) is 7.11 Å². The Morgan fingerprint density at radius 3 is 1.61 bits per heavy atom. The number of ether oxygens (including phenoxy) is 1. The number of esters is 1. The highest BCUT2D eigenvalue weighted by molar-refractivity contribution is 5.87. The second-order valence-electron chi connectivity index (χ2n) is 7.47. The van der Waals surface area contributed by atoms with Crippen LogP contribution in [0, 0.1) is 0 Å². The van der Waals surface area contributed by atoms with Crippen molar-refractivity contribution in [1.82, 2.24) is 20.4 Å². The molecule has 12 nitrogen and oxygen atoms in total. The van der Waals surface area contributed by atoms with Crippen LogP contribution in [0.2, 0.25) is 0 Å². The molecule has 3 N–H and O–H groups in total. The summed E-state index contributed by atoms with van der Waals surface area (Å²) in [6.07, 6.45) is 7.59. The van der Waals surface area contributed by atoms with Crippen LogP contribution in [0.3, 0.4) is 0 Å². The summed E-state index contributed by atoms with van der Waals surface area (Å²) in [4.78, 5) is 66.2. The Hall–Kier alpha value is -3.70. The number of hydrogen-bond acceptors (Lipinski definition) is 7. The molecule has 0 saturated carbocycles. The fourth-order valence-corrected chi connectivity index (χ4v) is 2.79. The van der Waals surface area contributed by atoms with Gasteiger partial charge in [0.25, 0.3) is 5.97 Å². The van der Waals surface area contributed by atoms with Crippen molar-refractivity contribution in [1.29, 1.82) is 0 Å². The molecule has 2 fully saturated rings. The third-order valence-electron chi connectivity index (χ3n) is 4.50. The SMILES string of the molecule is C/C=C\C(=O)NCCN1CCCC1=O.C=CC(=O)NCCN1CCCC1=O.CC(=O)O.COC(C)=O. The first-order valence-corrected chi connectivity index (χ1v) is 11.6. The van der Waals surface area contributed by atoms with Gasteiger partial charge < -0.3 is 30.3 Å². The molecule has 0 unspecified atom stereocenters. The van der Waals surface area contributed by atoms with Gasteiger partial charge in [0.1, 0.15) is 0 Å². The maximum absolute atomic E-state index is 11.2. The van der Waals surface area contributed by atoms with Crippen LogP contribution >= 0.6 is 0 Å². The van der Waals surface area contributed by atoms with Gasteiger partial charge in [-0.15, -0.1) is 0 Å². The number of rotatable bonds is 8. The minimum Gasteiger partial charge on any atom is -0.481 e. The van der Waals surface area contributed by atoms with E-state index in [9.17, 15) is 24.0 Å². The molecular weight excluding hydrogens is 472 g/mol. The number of hydrogen-bond donors (Lipinski definition) is 3. The van der Waals surface area contributed by atoms with Crippen LogP contribution in [0.25, 0.3) is 0 Å². The maximum Gasteiger partial charge on any atom is 0.302 e. The average molecular weight is 513 g/mol. The number of aliphatic carboxylic acids is 1. The van der Waals surface area contributed by atoms with Crippen molar-refractivity contribution in [3.8, 4) is 0 Å². The first-order valence-electron chi connectivity index (χ1n) is 11.6. The van der Waals surface area contributed by atoms with E-state index < -0.39 is 5.97 Å². The highest BCUT2D eigenvalue weighted by atomic mass is 16.5. The van der Waals surface area contributed by atoms with Gasteiger partial charge in [-0.1, -0.05) is 12.7 Å². The molecule has 2 heterocycles. The third kappa shape index (κ3) is 20.9. The Bertz CT molecular complexity index is 763. The van der Waals surface area contributed by atoms with E-state index in [0.29, 0.717) is 39.0 Å². The number of nitrogens with one attached hydrogen (secondary N) is 2. The van der Waals surface area contributed by atoms with Crippen molar-refractivity contribution in [3.63, 3.8) is 0 Å². The highest BCUT2D eigenvalue weighted by Crippen LogP contribution is 2.08. The largest absolute Gasteiger partial charge is 0.481 e. The molecule has 0 aromatic heterocycles. The molecule has 4 amide bonds. The number of likely N-dealkylation sites (tertiary alicyclic amines) is 2. The minimum atomic E-state index is -0.833. The summed E-state index contributed by atoms with van der Waals surface area (Å²) in [5, 5.41) is 12.8. The number of allylic oxidation sites excluding steroid dienone is 1. The van der Waals surface area contributed by atoms with Gasteiger partial charge in [0, 0.05) is 66.0 Å². The molecule has 2 rings (SSSR count). The molecule has 2 saturated heterocycles. The molecule has 0 aliphatic carbocycles. The number of carboxylic acids is 1. The van der Waals surface area contributed by atoms with Gasteiger partial charge in [-0.2, -0.15) is 0 Å². The van der Waals surface area contributed by atoms with Gasteiger partial charge in [-0.05, 0) is 31.9 Å². The van der Waals surface area contributed by atoms with E-state index in [1.807, 2.05) is 0 Å².